The highest BCUT2D eigenvalue weighted by Gasteiger charge is 2.32. The summed E-state index contributed by atoms with van der Waals surface area (Å²) in [7, 11) is 2.25. The van der Waals surface area contributed by atoms with Gasteiger partial charge in [-0.3, -0.25) is 0 Å². The lowest BCUT2D eigenvalue weighted by Gasteiger charge is -2.27. The topological polar surface area (TPSA) is 32.5 Å². The van der Waals surface area contributed by atoms with Gasteiger partial charge in [0.2, 0.25) is 0 Å². The molecule has 0 radical (unpaired) electrons. The van der Waals surface area contributed by atoms with E-state index in [1.807, 2.05) is 0 Å². The fraction of sp³-hybridized carbons (Fsp3) is 1.00. The second-order valence-electron chi connectivity index (χ2n) is 5.52. The van der Waals surface area contributed by atoms with Crippen LogP contribution in [0.25, 0.3) is 0 Å². The molecule has 16 heavy (non-hydrogen) atoms. The van der Waals surface area contributed by atoms with Crippen LogP contribution >= 0.6 is 0 Å². The van der Waals surface area contributed by atoms with E-state index >= 15 is 0 Å². The van der Waals surface area contributed by atoms with Crippen molar-refractivity contribution in [2.75, 3.05) is 39.8 Å². The first kappa shape index (κ1) is 12.3. The Morgan fingerprint density at radius 2 is 2.00 bits per heavy atom. The van der Waals surface area contributed by atoms with E-state index in [2.05, 4.69) is 16.8 Å². The molecule has 0 spiro atoms. The predicted octanol–water partition coefficient (Wildman–Crippen LogP) is 1.14. The Kier molecular flexibility index (Phi) is 4.62. The first-order valence-corrected chi connectivity index (χ1v) is 6.94. The van der Waals surface area contributed by atoms with Gasteiger partial charge in [-0.1, -0.05) is 0 Å². The van der Waals surface area contributed by atoms with Gasteiger partial charge >= 0.3 is 0 Å². The van der Waals surface area contributed by atoms with E-state index in [-0.39, 0.29) is 0 Å². The smallest absolute Gasteiger partial charge is 0.0243 e. The van der Waals surface area contributed by atoms with Gasteiger partial charge in [-0.2, -0.15) is 0 Å². The molecule has 2 fully saturated rings. The standard InChI is InChI=1S/C13H27N3/c1-15(13(11-14)12-5-6-12)7-4-10-16-8-2-3-9-16/h12-13H,2-11,14H2,1H3. The van der Waals surface area contributed by atoms with Crippen molar-refractivity contribution < 1.29 is 0 Å². The normalized spacial score (nSPS) is 24.2. The molecule has 2 aliphatic rings. The largest absolute Gasteiger partial charge is 0.329 e. The lowest BCUT2D eigenvalue weighted by Crippen LogP contribution is -2.40. The number of hydrogen-bond donors (Lipinski definition) is 1. The van der Waals surface area contributed by atoms with E-state index in [1.54, 1.807) is 0 Å². The number of rotatable bonds is 7. The van der Waals surface area contributed by atoms with Crippen LogP contribution in [0.5, 0.6) is 0 Å². The molecule has 1 saturated carbocycles. The number of nitrogens with two attached hydrogens (primary N) is 1. The van der Waals surface area contributed by atoms with Crippen LogP contribution in [-0.2, 0) is 0 Å². The first-order valence-electron chi connectivity index (χ1n) is 6.94. The van der Waals surface area contributed by atoms with Crippen LogP contribution in [0.2, 0.25) is 0 Å². The molecule has 2 rings (SSSR count). The molecule has 3 heteroatoms. The van der Waals surface area contributed by atoms with Crippen molar-refractivity contribution in [3.05, 3.63) is 0 Å². The molecule has 1 heterocycles. The van der Waals surface area contributed by atoms with E-state index in [1.165, 1.54) is 58.3 Å². The van der Waals surface area contributed by atoms with E-state index in [0.717, 1.165) is 12.5 Å². The van der Waals surface area contributed by atoms with Gasteiger partial charge < -0.3 is 15.5 Å². The summed E-state index contributed by atoms with van der Waals surface area (Å²) >= 11 is 0. The molecule has 0 aromatic rings. The van der Waals surface area contributed by atoms with Crippen LogP contribution in [0.1, 0.15) is 32.1 Å². The summed E-state index contributed by atoms with van der Waals surface area (Å²) in [6.07, 6.45) is 6.92. The minimum atomic E-state index is 0.651. The third kappa shape index (κ3) is 3.44. The Morgan fingerprint density at radius 3 is 2.56 bits per heavy atom. The van der Waals surface area contributed by atoms with E-state index in [9.17, 15) is 0 Å². The summed E-state index contributed by atoms with van der Waals surface area (Å²) < 4.78 is 0. The Labute approximate surface area is 100.0 Å². The average Bonchev–Trinajstić information content (AvgIpc) is 2.96. The molecule has 0 amide bonds. The quantitative estimate of drug-likeness (QED) is 0.705. The summed E-state index contributed by atoms with van der Waals surface area (Å²) in [6, 6.07) is 0.651. The highest BCUT2D eigenvalue weighted by molar-refractivity contribution is 4.87. The average molecular weight is 225 g/mol. The van der Waals surface area contributed by atoms with Crippen LogP contribution in [-0.4, -0.2) is 55.6 Å². The van der Waals surface area contributed by atoms with Crippen molar-refractivity contribution in [1.29, 1.82) is 0 Å². The van der Waals surface area contributed by atoms with Gasteiger partial charge in [0.25, 0.3) is 0 Å². The Bertz CT molecular complexity index is 197. The third-order valence-corrected chi connectivity index (χ3v) is 4.16. The number of likely N-dealkylation sites (N-methyl/N-ethyl adjacent to an activating group) is 1. The van der Waals surface area contributed by atoms with Gasteiger partial charge in [0.15, 0.2) is 0 Å². The van der Waals surface area contributed by atoms with Gasteiger partial charge in [0.05, 0.1) is 0 Å². The molecule has 1 atom stereocenters. The Balaban J connectivity index is 1.60. The van der Waals surface area contributed by atoms with Crippen molar-refractivity contribution in [2.24, 2.45) is 11.7 Å². The highest BCUT2D eigenvalue weighted by Crippen LogP contribution is 2.34. The molecule has 94 valence electrons. The Morgan fingerprint density at radius 1 is 1.31 bits per heavy atom. The highest BCUT2D eigenvalue weighted by atomic mass is 15.2. The molecule has 1 unspecified atom stereocenters. The van der Waals surface area contributed by atoms with Crippen LogP contribution in [0.4, 0.5) is 0 Å². The van der Waals surface area contributed by atoms with Crippen LogP contribution < -0.4 is 5.73 Å². The minimum absolute atomic E-state index is 0.651. The number of hydrogen-bond acceptors (Lipinski definition) is 3. The molecule has 1 saturated heterocycles. The minimum Gasteiger partial charge on any atom is -0.329 e. The van der Waals surface area contributed by atoms with E-state index in [4.69, 9.17) is 5.73 Å². The second-order valence-corrected chi connectivity index (χ2v) is 5.52. The summed E-state index contributed by atoms with van der Waals surface area (Å²) in [4.78, 5) is 5.09. The van der Waals surface area contributed by atoms with Crippen molar-refractivity contribution in [3.63, 3.8) is 0 Å². The number of nitrogens with zero attached hydrogens (tertiary/aromatic N) is 2. The Hall–Kier alpha value is -0.120. The molecule has 0 bridgehead atoms. The molecule has 2 N–H and O–H groups in total. The van der Waals surface area contributed by atoms with Gasteiger partial charge in [-0.15, -0.1) is 0 Å². The molecule has 0 aromatic carbocycles. The second kappa shape index (κ2) is 5.99. The van der Waals surface area contributed by atoms with E-state index < -0.39 is 0 Å². The molecule has 3 nitrogen and oxygen atoms in total. The third-order valence-electron chi connectivity index (χ3n) is 4.16. The fourth-order valence-electron chi connectivity index (χ4n) is 2.93. The molecule has 1 aliphatic carbocycles. The summed E-state index contributed by atoms with van der Waals surface area (Å²) in [5.74, 6) is 0.904. The molecule has 1 aliphatic heterocycles. The zero-order valence-electron chi connectivity index (χ0n) is 10.7. The van der Waals surface area contributed by atoms with Crippen LogP contribution in [0.3, 0.4) is 0 Å². The van der Waals surface area contributed by atoms with E-state index in [0.29, 0.717) is 6.04 Å². The van der Waals surface area contributed by atoms with Gasteiger partial charge in [-0.25, -0.2) is 0 Å². The zero-order chi connectivity index (χ0) is 11.4. The predicted molar refractivity (Wildman–Crippen MR) is 68.5 cm³/mol. The first-order chi connectivity index (χ1) is 7.81. The van der Waals surface area contributed by atoms with Gasteiger partial charge in [-0.05, 0) is 71.2 Å². The van der Waals surface area contributed by atoms with Crippen molar-refractivity contribution in [3.8, 4) is 0 Å². The van der Waals surface area contributed by atoms with Gasteiger partial charge in [0.1, 0.15) is 0 Å². The molecular formula is C13H27N3. The molecule has 0 aromatic heterocycles. The zero-order valence-corrected chi connectivity index (χ0v) is 10.7. The number of likely N-dealkylation sites (tertiary alicyclic amines) is 1. The van der Waals surface area contributed by atoms with Gasteiger partial charge in [0, 0.05) is 12.6 Å². The molecular weight excluding hydrogens is 198 g/mol. The summed E-state index contributed by atoms with van der Waals surface area (Å²) in [5.41, 5.74) is 5.86. The van der Waals surface area contributed by atoms with Crippen LogP contribution in [0.15, 0.2) is 0 Å². The lowest BCUT2D eigenvalue weighted by molar-refractivity contribution is 0.207. The van der Waals surface area contributed by atoms with Crippen molar-refractivity contribution in [1.82, 2.24) is 9.80 Å². The maximum atomic E-state index is 5.86. The summed E-state index contributed by atoms with van der Waals surface area (Å²) in [6.45, 7) is 5.99. The maximum Gasteiger partial charge on any atom is 0.0243 e. The van der Waals surface area contributed by atoms with Crippen molar-refractivity contribution in [2.45, 2.75) is 38.1 Å². The monoisotopic (exact) mass is 225 g/mol. The maximum absolute atomic E-state index is 5.86. The lowest BCUT2D eigenvalue weighted by atomic mass is 10.1. The fourth-order valence-corrected chi connectivity index (χ4v) is 2.93. The summed E-state index contributed by atoms with van der Waals surface area (Å²) in [5, 5.41) is 0. The SMILES string of the molecule is CN(CCCN1CCCC1)C(CN)C1CC1. The van der Waals surface area contributed by atoms with Crippen LogP contribution in [0, 0.1) is 5.92 Å². The van der Waals surface area contributed by atoms with Crippen molar-refractivity contribution >= 4 is 0 Å².